The molecule has 3 heterocycles. The van der Waals surface area contributed by atoms with Gasteiger partial charge in [-0.1, -0.05) is 17.7 Å². The molecule has 0 aliphatic carbocycles. The number of nitrogens with zero attached hydrogens (tertiary/aromatic N) is 2. The van der Waals surface area contributed by atoms with E-state index < -0.39 is 0 Å². The van der Waals surface area contributed by atoms with E-state index in [1.807, 2.05) is 49.3 Å². The van der Waals surface area contributed by atoms with Crippen LogP contribution in [0.4, 0.5) is 11.5 Å². The number of nitrogens with one attached hydrogen (secondary N) is 2. The van der Waals surface area contributed by atoms with Crippen molar-refractivity contribution < 1.29 is 9.53 Å². The van der Waals surface area contributed by atoms with Gasteiger partial charge in [0, 0.05) is 55.3 Å². The van der Waals surface area contributed by atoms with Gasteiger partial charge in [-0.25, -0.2) is 4.98 Å². The van der Waals surface area contributed by atoms with E-state index in [1.165, 1.54) is 0 Å². The van der Waals surface area contributed by atoms with Gasteiger partial charge in [0.15, 0.2) is 5.82 Å². The smallest absolute Gasteiger partial charge is 0.253 e. The molecule has 1 saturated heterocycles. The van der Waals surface area contributed by atoms with Crippen LogP contribution in [-0.2, 0) is 4.74 Å². The van der Waals surface area contributed by atoms with E-state index in [2.05, 4.69) is 15.3 Å². The number of carbonyl (C=O) groups excluding carboxylic acids is 1. The molecule has 2 N–H and O–H groups in total. The molecule has 2 aromatic heterocycles. The normalized spacial score (nSPS) is 14.9. The van der Waals surface area contributed by atoms with Crippen molar-refractivity contribution in [1.29, 1.82) is 0 Å². The van der Waals surface area contributed by atoms with E-state index in [0.29, 0.717) is 23.0 Å². The number of ether oxygens (including phenoxy) is 1. The van der Waals surface area contributed by atoms with Gasteiger partial charge in [0.25, 0.3) is 5.91 Å². The van der Waals surface area contributed by atoms with E-state index in [0.717, 1.165) is 54.0 Å². The van der Waals surface area contributed by atoms with Gasteiger partial charge in [-0.2, -0.15) is 0 Å². The number of pyridine rings is 1. The summed E-state index contributed by atoms with van der Waals surface area (Å²) >= 11 is 6.15. The van der Waals surface area contributed by atoms with Gasteiger partial charge in [-0.05, 0) is 49.4 Å². The summed E-state index contributed by atoms with van der Waals surface area (Å²) in [6.45, 7) is 4.20. The lowest BCUT2D eigenvalue weighted by atomic mass is 10.00. The zero-order chi connectivity index (χ0) is 20.4. The fourth-order valence-electron chi connectivity index (χ4n) is 3.82. The fraction of sp³-hybridized carbons (Fsp3) is 0.364. The number of halogens is 1. The summed E-state index contributed by atoms with van der Waals surface area (Å²) in [5.41, 5.74) is 3.37. The predicted molar refractivity (Wildman–Crippen MR) is 116 cm³/mol. The minimum Gasteiger partial charge on any atom is -0.381 e. The molecule has 6 nitrogen and oxygen atoms in total. The fourth-order valence-corrected chi connectivity index (χ4v) is 4.00. The Balaban J connectivity index is 1.62. The van der Waals surface area contributed by atoms with Crippen LogP contribution in [0.15, 0.2) is 36.7 Å². The molecule has 7 heteroatoms. The van der Waals surface area contributed by atoms with Crippen LogP contribution in [-0.4, -0.2) is 42.7 Å². The Morgan fingerprint density at radius 3 is 2.93 bits per heavy atom. The number of fused-ring (bicyclic) bond motifs is 1. The average molecular weight is 413 g/mol. The number of rotatable bonds is 5. The van der Waals surface area contributed by atoms with Gasteiger partial charge in [0.05, 0.1) is 11.1 Å². The van der Waals surface area contributed by atoms with Crippen molar-refractivity contribution >= 4 is 39.9 Å². The minimum absolute atomic E-state index is 0.0892. The number of anilines is 2. The van der Waals surface area contributed by atoms with Crippen LogP contribution in [0.3, 0.4) is 0 Å². The van der Waals surface area contributed by atoms with Crippen LogP contribution in [0, 0.1) is 12.8 Å². The summed E-state index contributed by atoms with van der Waals surface area (Å²) in [5, 5.41) is 4.65. The third kappa shape index (κ3) is 4.09. The van der Waals surface area contributed by atoms with Crippen molar-refractivity contribution in [2.45, 2.75) is 19.8 Å². The van der Waals surface area contributed by atoms with Crippen molar-refractivity contribution in [1.82, 2.24) is 15.3 Å². The van der Waals surface area contributed by atoms with Crippen molar-refractivity contribution in [2.24, 2.45) is 5.92 Å². The number of aromatic amines is 1. The standard InChI is InChI=1S/C22H25ClN4O2/c1-14-11-24-20-19(14)18(22(28)26-12-15-6-8-29-9-7-15)13-25-21(20)27(2)17-5-3-4-16(23)10-17/h3-5,10-11,13,15,24H,6-9,12H2,1-2H3,(H,26,28). The summed E-state index contributed by atoms with van der Waals surface area (Å²) in [6.07, 6.45) is 5.55. The molecule has 0 spiro atoms. The first-order valence-corrected chi connectivity index (χ1v) is 10.2. The molecule has 0 unspecified atom stereocenters. The molecule has 3 aromatic rings. The molecule has 29 heavy (non-hydrogen) atoms. The Morgan fingerprint density at radius 1 is 1.38 bits per heavy atom. The number of carbonyl (C=O) groups is 1. The monoisotopic (exact) mass is 412 g/mol. The van der Waals surface area contributed by atoms with Crippen molar-refractivity contribution in [3.05, 3.63) is 52.8 Å². The first-order valence-electron chi connectivity index (χ1n) is 9.86. The number of aryl methyl sites for hydroxylation is 1. The second-order valence-corrected chi connectivity index (χ2v) is 7.96. The first-order chi connectivity index (χ1) is 14.0. The number of aromatic nitrogens is 2. The highest BCUT2D eigenvalue weighted by molar-refractivity contribution is 6.30. The number of hydrogen-bond donors (Lipinski definition) is 2. The number of H-pyrrole nitrogens is 1. The maximum atomic E-state index is 12.9. The highest BCUT2D eigenvalue weighted by Gasteiger charge is 2.21. The Morgan fingerprint density at radius 2 is 2.17 bits per heavy atom. The van der Waals surface area contributed by atoms with E-state index in [9.17, 15) is 4.79 Å². The lowest BCUT2D eigenvalue weighted by molar-refractivity contribution is 0.0643. The van der Waals surface area contributed by atoms with Crippen LogP contribution in [0.25, 0.3) is 10.9 Å². The minimum atomic E-state index is -0.0892. The Hall–Kier alpha value is -2.57. The van der Waals surface area contributed by atoms with Crippen LogP contribution >= 0.6 is 11.6 Å². The quantitative estimate of drug-likeness (QED) is 0.649. The molecule has 0 radical (unpaired) electrons. The lowest BCUT2D eigenvalue weighted by Gasteiger charge is -2.22. The molecule has 1 fully saturated rings. The summed E-state index contributed by atoms with van der Waals surface area (Å²) in [4.78, 5) is 22.8. The molecule has 1 aliphatic heterocycles. The van der Waals surface area contributed by atoms with E-state index in [4.69, 9.17) is 16.3 Å². The van der Waals surface area contributed by atoms with Crippen molar-refractivity contribution in [3.8, 4) is 0 Å². The zero-order valence-electron chi connectivity index (χ0n) is 16.7. The Bertz CT molecular complexity index is 1030. The lowest BCUT2D eigenvalue weighted by Crippen LogP contribution is -2.32. The molecular weight excluding hydrogens is 388 g/mol. The summed E-state index contributed by atoms with van der Waals surface area (Å²) < 4.78 is 5.39. The van der Waals surface area contributed by atoms with Gasteiger partial charge in [-0.15, -0.1) is 0 Å². The molecule has 0 atom stereocenters. The second kappa shape index (κ2) is 8.43. The Kier molecular flexibility index (Phi) is 5.74. The summed E-state index contributed by atoms with van der Waals surface area (Å²) in [6, 6.07) is 7.61. The maximum absolute atomic E-state index is 12.9. The van der Waals surface area contributed by atoms with Gasteiger partial charge in [-0.3, -0.25) is 4.79 Å². The van der Waals surface area contributed by atoms with E-state index in [1.54, 1.807) is 6.20 Å². The van der Waals surface area contributed by atoms with Crippen LogP contribution in [0.5, 0.6) is 0 Å². The molecular formula is C22H25ClN4O2. The van der Waals surface area contributed by atoms with Gasteiger partial charge in [0.1, 0.15) is 0 Å². The molecule has 1 aliphatic rings. The molecule has 0 saturated carbocycles. The van der Waals surface area contributed by atoms with Gasteiger partial charge in [0.2, 0.25) is 0 Å². The summed E-state index contributed by atoms with van der Waals surface area (Å²) in [7, 11) is 1.94. The molecule has 0 bridgehead atoms. The van der Waals surface area contributed by atoms with Gasteiger partial charge < -0.3 is 19.9 Å². The number of benzene rings is 1. The first kappa shape index (κ1) is 19.7. The summed E-state index contributed by atoms with van der Waals surface area (Å²) in [5.74, 6) is 1.13. The van der Waals surface area contributed by atoms with Crippen LogP contribution < -0.4 is 10.2 Å². The Labute approximate surface area is 175 Å². The molecule has 152 valence electrons. The molecule has 1 amide bonds. The maximum Gasteiger partial charge on any atom is 0.253 e. The highest BCUT2D eigenvalue weighted by atomic mass is 35.5. The predicted octanol–water partition coefficient (Wildman–Crippen LogP) is 4.45. The number of amides is 1. The van der Waals surface area contributed by atoms with Crippen LogP contribution in [0.1, 0.15) is 28.8 Å². The third-order valence-corrected chi connectivity index (χ3v) is 5.77. The van der Waals surface area contributed by atoms with Gasteiger partial charge >= 0.3 is 0 Å². The SMILES string of the molecule is Cc1c[nH]c2c(N(C)c3cccc(Cl)c3)ncc(C(=O)NCC3CCOCC3)c12. The third-order valence-electron chi connectivity index (χ3n) is 5.54. The van der Waals surface area contributed by atoms with Crippen LogP contribution in [0.2, 0.25) is 5.02 Å². The topological polar surface area (TPSA) is 70.2 Å². The number of hydrogen-bond acceptors (Lipinski definition) is 4. The van der Waals surface area contributed by atoms with E-state index >= 15 is 0 Å². The van der Waals surface area contributed by atoms with Crippen molar-refractivity contribution in [2.75, 3.05) is 31.7 Å². The molecule has 4 rings (SSSR count). The highest BCUT2D eigenvalue weighted by Crippen LogP contribution is 2.32. The molecule has 1 aromatic carbocycles. The van der Waals surface area contributed by atoms with Crippen molar-refractivity contribution in [3.63, 3.8) is 0 Å². The van der Waals surface area contributed by atoms with E-state index in [-0.39, 0.29) is 5.91 Å². The zero-order valence-corrected chi connectivity index (χ0v) is 17.4. The largest absolute Gasteiger partial charge is 0.381 e. The second-order valence-electron chi connectivity index (χ2n) is 7.52. The average Bonchev–Trinajstić information content (AvgIpc) is 3.13.